The molecule has 0 aromatic heterocycles. The number of halogens is 6. The second kappa shape index (κ2) is 5.85. The summed E-state index contributed by atoms with van der Waals surface area (Å²) in [6.45, 7) is 0. The van der Waals surface area contributed by atoms with Crippen molar-refractivity contribution in [3.05, 3.63) is 47.5 Å². The molecule has 4 rings (SSSR count). The van der Waals surface area contributed by atoms with Gasteiger partial charge in [-0.3, -0.25) is 0 Å². The maximum absolute atomic E-state index is 14.3. The summed E-state index contributed by atoms with van der Waals surface area (Å²) < 4.78 is 100. The first-order valence-electron chi connectivity index (χ1n) is 8.24. The summed E-state index contributed by atoms with van der Waals surface area (Å²) in [5.74, 6) is 0.0548. The fourth-order valence-electron chi connectivity index (χ4n) is 3.57. The van der Waals surface area contributed by atoms with Crippen LogP contribution in [0.25, 0.3) is 0 Å². The van der Waals surface area contributed by atoms with Crippen molar-refractivity contribution < 1.29 is 40.6 Å². The summed E-state index contributed by atoms with van der Waals surface area (Å²) in [6.07, 6.45) is -10.5. The number of ether oxygens (including phenoxy) is 3. The van der Waals surface area contributed by atoms with E-state index in [1.165, 1.54) is 26.4 Å². The number of benzene rings is 2. The van der Waals surface area contributed by atoms with Crippen molar-refractivity contribution in [1.82, 2.24) is 0 Å². The van der Waals surface area contributed by atoms with Crippen LogP contribution in [0.15, 0.2) is 36.4 Å². The third-order valence-corrected chi connectivity index (χ3v) is 4.94. The van der Waals surface area contributed by atoms with Crippen LogP contribution in [0.5, 0.6) is 11.5 Å². The molecule has 0 radical (unpaired) electrons. The number of nitrogens with one attached hydrogen (secondary N) is 2. The van der Waals surface area contributed by atoms with E-state index < -0.39 is 46.3 Å². The molecule has 2 aliphatic heterocycles. The molecule has 0 aliphatic carbocycles. The van der Waals surface area contributed by atoms with Crippen molar-refractivity contribution in [3.63, 3.8) is 0 Å². The van der Waals surface area contributed by atoms with Gasteiger partial charge in [-0.1, -0.05) is 0 Å². The van der Waals surface area contributed by atoms with Gasteiger partial charge in [-0.25, -0.2) is 0 Å². The highest BCUT2D eigenvalue weighted by Crippen LogP contribution is 2.61. The van der Waals surface area contributed by atoms with E-state index in [1.54, 1.807) is 0 Å². The first-order valence-corrected chi connectivity index (χ1v) is 8.24. The van der Waals surface area contributed by atoms with E-state index in [2.05, 4.69) is 10.6 Å². The highest BCUT2D eigenvalue weighted by atomic mass is 19.4. The van der Waals surface area contributed by atoms with Crippen molar-refractivity contribution in [2.24, 2.45) is 0 Å². The average Bonchev–Trinajstić information content (AvgIpc) is 2.65. The van der Waals surface area contributed by atoms with Crippen LogP contribution < -0.4 is 20.1 Å². The minimum atomic E-state index is -5.25. The van der Waals surface area contributed by atoms with E-state index in [1.807, 2.05) is 0 Å². The number of hydrogen-bond donors (Lipinski definition) is 2. The summed E-state index contributed by atoms with van der Waals surface area (Å²) in [5, 5.41) is 4.28. The Morgan fingerprint density at radius 1 is 0.724 bits per heavy atom. The van der Waals surface area contributed by atoms with Gasteiger partial charge < -0.3 is 24.8 Å². The molecule has 2 bridgehead atoms. The number of rotatable bonds is 2. The molecule has 29 heavy (non-hydrogen) atoms. The van der Waals surface area contributed by atoms with Crippen LogP contribution in [0.3, 0.4) is 0 Å². The van der Waals surface area contributed by atoms with Gasteiger partial charge in [0.25, 0.3) is 11.4 Å². The SMILES string of the molecule is COc1ccc2c(c1)C1(C(F)(F)F)Nc3ccc(OC)cc3C(C(F)(F)F)(N2)O1. The third-order valence-electron chi connectivity index (χ3n) is 4.94. The van der Waals surface area contributed by atoms with Crippen molar-refractivity contribution in [1.29, 1.82) is 0 Å². The molecule has 2 aliphatic rings. The van der Waals surface area contributed by atoms with Gasteiger partial charge in [0, 0.05) is 22.5 Å². The summed E-state index contributed by atoms with van der Waals surface area (Å²) in [7, 11) is 2.46. The number of anilines is 2. The number of fused-ring (bicyclic) bond motifs is 6. The fourth-order valence-corrected chi connectivity index (χ4v) is 3.57. The number of hydrogen-bond acceptors (Lipinski definition) is 5. The molecule has 5 nitrogen and oxygen atoms in total. The third kappa shape index (κ3) is 2.53. The molecule has 156 valence electrons. The maximum atomic E-state index is 14.3. The highest BCUT2D eigenvalue weighted by Gasteiger charge is 2.74. The lowest BCUT2D eigenvalue weighted by molar-refractivity contribution is -0.369. The molecule has 2 N–H and O–H groups in total. The fraction of sp³-hybridized carbons (Fsp3) is 0.333. The summed E-state index contributed by atoms with van der Waals surface area (Å²) in [6, 6.07) is 6.66. The van der Waals surface area contributed by atoms with E-state index in [0.717, 1.165) is 24.3 Å². The van der Waals surface area contributed by atoms with Gasteiger partial charge in [-0.15, -0.1) is 0 Å². The Hall–Kier alpha value is -2.82. The van der Waals surface area contributed by atoms with E-state index in [4.69, 9.17) is 14.2 Å². The quantitative estimate of drug-likeness (QED) is 0.690. The molecule has 0 fully saturated rings. The normalized spacial score (nSPS) is 25.2. The van der Waals surface area contributed by atoms with E-state index in [9.17, 15) is 26.3 Å². The van der Waals surface area contributed by atoms with Crippen molar-refractivity contribution >= 4 is 11.4 Å². The van der Waals surface area contributed by atoms with Crippen LogP contribution >= 0.6 is 0 Å². The van der Waals surface area contributed by atoms with E-state index in [0.29, 0.717) is 0 Å². The van der Waals surface area contributed by atoms with Crippen molar-refractivity contribution in [3.8, 4) is 11.5 Å². The van der Waals surface area contributed by atoms with Crippen LogP contribution in [-0.4, -0.2) is 26.6 Å². The zero-order chi connectivity index (χ0) is 21.2. The van der Waals surface area contributed by atoms with Crippen LogP contribution in [0.2, 0.25) is 0 Å². The predicted octanol–water partition coefficient (Wildman–Crippen LogP) is 4.70. The molecule has 0 saturated carbocycles. The molecule has 2 atom stereocenters. The lowest BCUT2D eigenvalue weighted by Crippen LogP contribution is -2.67. The van der Waals surface area contributed by atoms with Gasteiger partial charge in [-0.05, 0) is 36.4 Å². The molecule has 2 unspecified atom stereocenters. The monoisotopic (exact) mass is 420 g/mol. The Balaban J connectivity index is 2.08. The molecule has 2 heterocycles. The molecule has 0 amide bonds. The molecule has 0 spiro atoms. The lowest BCUT2D eigenvalue weighted by Gasteiger charge is -2.54. The summed E-state index contributed by atoms with van der Waals surface area (Å²) >= 11 is 0. The van der Waals surface area contributed by atoms with Gasteiger partial charge in [0.2, 0.25) is 0 Å². The zero-order valence-electron chi connectivity index (χ0n) is 15.0. The first-order chi connectivity index (χ1) is 13.5. The van der Waals surface area contributed by atoms with Crippen molar-refractivity contribution in [2.45, 2.75) is 23.8 Å². The number of methoxy groups -OCH3 is 2. The van der Waals surface area contributed by atoms with Gasteiger partial charge in [0.1, 0.15) is 11.5 Å². The lowest BCUT2D eigenvalue weighted by atomic mass is 9.86. The molecular weight excluding hydrogens is 406 g/mol. The van der Waals surface area contributed by atoms with E-state index >= 15 is 0 Å². The first kappa shape index (κ1) is 19.5. The smallest absolute Gasteiger partial charge is 0.441 e. The van der Waals surface area contributed by atoms with Gasteiger partial charge in [-0.2, -0.15) is 26.3 Å². The Bertz CT molecular complexity index is 900. The summed E-state index contributed by atoms with van der Waals surface area (Å²) in [5.41, 5.74) is -8.87. The second-order valence-electron chi connectivity index (χ2n) is 6.53. The van der Waals surface area contributed by atoms with Crippen LogP contribution in [0.4, 0.5) is 37.7 Å². The summed E-state index contributed by atoms with van der Waals surface area (Å²) in [4.78, 5) is 0. The van der Waals surface area contributed by atoms with Gasteiger partial charge in [0.05, 0.1) is 14.2 Å². The van der Waals surface area contributed by atoms with Crippen molar-refractivity contribution in [2.75, 3.05) is 24.9 Å². The maximum Gasteiger partial charge on any atom is 0.441 e. The molecular formula is C18H14F6N2O3. The van der Waals surface area contributed by atoms with Gasteiger partial charge in [0.15, 0.2) is 0 Å². The predicted molar refractivity (Wildman–Crippen MR) is 89.8 cm³/mol. The Kier molecular flexibility index (Phi) is 3.93. The Morgan fingerprint density at radius 3 is 1.41 bits per heavy atom. The van der Waals surface area contributed by atoms with Crippen LogP contribution in [0.1, 0.15) is 11.1 Å². The van der Waals surface area contributed by atoms with E-state index in [-0.39, 0.29) is 11.5 Å². The molecule has 2 aromatic rings. The Labute approximate surface area is 160 Å². The van der Waals surface area contributed by atoms with Gasteiger partial charge >= 0.3 is 12.4 Å². The molecule has 2 aromatic carbocycles. The zero-order valence-corrected chi connectivity index (χ0v) is 15.0. The molecule has 0 saturated heterocycles. The second-order valence-corrected chi connectivity index (χ2v) is 6.53. The average molecular weight is 420 g/mol. The topological polar surface area (TPSA) is 51.8 Å². The number of alkyl halides is 6. The Morgan fingerprint density at radius 2 is 1.10 bits per heavy atom. The molecule has 11 heteroatoms. The largest absolute Gasteiger partial charge is 0.497 e. The minimum absolute atomic E-state index is 0.0274. The standard InChI is InChI=1S/C18H14F6N2O3/c1-27-9-3-5-13-11(7-9)15(17(19,20)21)26-14-6-4-10(28-2)8-12(14)16(25-13,29-15)18(22,23)24/h3-8,25-26H,1-2H3. The van der Waals surface area contributed by atoms with Crippen LogP contribution in [-0.2, 0) is 16.2 Å². The highest BCUT2D eigenvalue weighted by molar-refractivity contribution is 5.71. The van der Waals surface area contributed by atoms with Crippen LogP contribution in [0, 0.1) is 0 Å². The minimum Gasteiger partial charge on any atom is -0.497 e.